The van der Waals surface area contributed by atoms with Crippen molar-refractivity contribution < 1.29 is 9.59 Å². The summed E-state index contributed by atoms with van der Waals surface area (Å²) in [4.78, 5) is 24.2. The third kappa shape index (κ3) is 3.12. The van der Waals surface area contributed by atoms with Gasteiger partial charge in [0.25, 0.3) is 11.8 Å². The smallest absolute Gasteiger partial charge is 0.272 e. The molecule has 1 aliphatic rings. The molecule has 1 fully saturated rings. The molecule has 114 valence electrons. The molecule has 1 aromatic heterocycles. The molecule has 7 heteroatoms. The number of benzene rings is 1. The number of hydrogen-bond acceptors (Lipinski definition) is 3. The molecule has 0 aliphatic heterocycles. The Hall–Kier alpha value is -2.34. The molecule has 0 spiro atoms. The summed E-state index contributed by atoms with van der Waals surface area (Å²) in [6, 6.07) is 8.58. The molecule has 0 bridgehead atoms. The van der Waals surface area contributed by atoms with E-state index in [9.17, 15) is 9.59 Å². The van der Waals surface area contributed by atoms with Gasteiger partial charge in [0.2, 0.25) is 0 Å². The van der Waals surface area contributed by atoms with Crippen LogP contribution in [0.15, 0.2) is 30.3 Å². The highest BCUT2D eigenvalue weighted by Gasteiger charge is 2.25. The van der Waals surface area contributed by atoms with Crippen LogP contribution in [0.3, 0.4) is 0 Å². The molecule has 1 aromatic carbocycles. The predicted octanol–water partition coefficient (Wildman–Crippen LogP) is 2.22. The molecular weight excluding hydrogens is 304 g/mol. The molecule has 2 N–H and O–H groups in total. The number of halogens is 1. The Balaban J connectivity index is 1.75. The Labute approximate surface area is 132 Å². The van der Waals surface area contributed by atoms with Crippen LogP contribution in [0, 0.1) is 0 Å². The number of rotatable bonds is 4. The van der Waals surface area contributed by atoms with Crippen molar-refractivity contribution >= 4 is 29.2 Å². The molecule has 0 atom stereocenters. The van der Waals surface area contributed by atoms with E-state index >= 15 is 0 Å². The quantitative estimate of drug-likeness (QED) is 0.907. The lowest BCUT2D eigenvalue weighted by atomic mass is 10.2. The van der Waals surface area contributed by atoms with Crippen LogP contribution in [-0.4, -0.2) is 27.6 Å². The summed E-state index contributed by atoms with van der Waals surface area (Å²) in [5.41, 5.74) is 0.651. The molecular formula is C15H15ClN4O2. The lowest BCUT2D eigenvalue weighted by molar-refractivity contribution is 0.0944. The van der Waals surface area contributed by atoms with Gasteiger partial charge in [-0.1, -0.05) is 23.7 Å². The zero-order valence-electron chi connectivity index (χ0n) is 12.0. The molecule has 2 aromatic rings. The summed E-state index contributed by atoms with van der Waals surface area (Å²) in [7, 11) is 1.66. The molecule has 1 saturated carbocycles. The summed E-state index contributed by atoms with van der Waals surface area (Å²) < 4.78 is 1.45. The standard InChI is InChI=1S/C15H15ClN4O2/c1-20-13(8-12(19-20)15(22)17-9-6-7-9)18-14(21)10-4-2-3-5-11(10)16/h2-5,8-9H,6-7H2,1H3,(H,17,22)(H,18,21). The molecule has 1 aliphatic carbocycles. The molecule has 0 unspecified atom stereocenters. The zero-order valence-corrected chi connectivity index (χ0v) is 12.7. The molecule has 0 radical (unpaired) electrons. The normalized spacial score (nSPS) is 13.7. The number of amides is 2. The van der Waals surface area contributed by atoms with Gasteiger partial charge in [-0.2, -0.15) is 5.10 Å². The van der Waals surface area contributed by atoms with Crippen molar-refractivity contribution in [1.82, 2.24) is 15.1 Å². The number of aromatic nitrogens is 2. The van der Waals surface area contributed by atoms with Gasteiger partial charge in [0.1, 0.15) is 5.82 Å². The Kier molecular flexibility index (Phi) is 3.85. The average molecular weight is 319 g/mol. The first-order valence-corrected chi connectivity index (χ1v) is 7.33. The van der Waals surface area contributed by atoms with Crippen LogP contribution < -0.4 is 10.6 Å². The molecule has 1 heterocycles. The number of nitrogens with zero attached hydrogens (tertiary/aromatic N) is 2. The highest BCUT2D eigenvalue weighted by Crippen LogP contribution is 2.20. The zero-order chi connectivity index (χ0) is 15.7. The van der Waals surface area contributed by atoms with Gasteiger partial charge in [-0.15, -0.1) is 0 Å². The fourth-order valence-corrected chi connectivity index (χ4v) is 2.23. The first-order valence-electron chi connectivity index (χ1n) is 6.95. The van der Waals surface area contributed by atoms with Crippen LogP contribution in [0.25, 0.3) is 0 Å². The molecule has 2 amide bonds. The third-order valence-electron chi connectivity index (χ3n) is 3.39. The molecule has 3 rings (SSSR count). The van der Waals surface area contributed by atoms with Gasteiger partial charge in [-0.25, -0.2) is 0 Å². The van der Waals surface area contributed by atoms with Crippen LogP contribution in [0.4, 0.5) is 5.82 Å². The Bertz CT molecular complexity index is 737. The molecule has 6 nitrogen and oxygen atoms in total. The van der Waals surface area contributed by atoms with E-state index in [-0.39, 0.29) is 23.6 Å². The average Bonchev–Trinajstić information content (AvgIpc) is 3.22. The van der Waals surface area contributed by atoms with E-state index in [0.29, 0.717) is 16.4 Å². The highest BCUT2D eigenvalue weighted by atomic mass is 35.5. The van der Waals surface area contributed by atoms with Gasteiger partial charge in [0.15, 0.2) is 5.69 Å². The van der Waals surface area contributed by atoms with Gasteiger partial charge in [-0.3, -0.25) is 14.3 Å². The van der Waals surface area contributed by atoms with Crippen LogP contribution >= 0.6 is 11.6 Å². The van der Waals surface area contributed by atoms with Crippen LogP contribution in [0.5, 0.6) is 0 Å². The number of nitrogens with one attached hydrogen (secondary N) is 2. The molecule has 0 saturated heterocycles. The highest BCUT2D eigenvalue weighted by molar-refractivity contribution is 6.34. The van der Waals surface area contributed by atoms with Crippen molar-refractivity contribution in [3.8, 4) is 0 Å². The van der Waals surface area contributed by atoms with Gasteiger partial charge in [-0.05, 0) is 25.0 Å². The largest absolute Gasteiger partial charge is 0.348 e. The van der Waals surface area contributed by atoms with E-state index in [2.05, 4.69) is 15.7 Å². The van der Waals surface area contributed by atoms with Crippen LogP contribution in [0.1, 0.15) is 33.7 Å². The number of aryl methyl sites for hydroxylation is 1. The summed E-state index contributed by atoms with van der Waals surface area (Å²) in [6.45, 7) is 0. The van der Waals surface area contributed by atoms with Crippen molar-refractivity contribution in [2.75, 3.05) is 5.32 Å². The Morgan fingerprint density at radius 2 is 2.00 bits per heavy atom. The summed E-state index contributed by atoms with van der Waals surface area (Å²) >= 11 is 6.00. The Morgan fingerprint density at radius 3 is 2.68 bits per heavy atom. The van der Waals surface area contributed by atoms with Crippen molar-refractivity contribution in [2.45, 2.75) is 18.9 Å². The number of carbonyl (C=O) groups excluding carboxylic acids is 2. The first kappa shape index (κ1) is 14.6. The first-order chi connectivity index (χ1) is 10.5. The monoisotopic (exact) mass is 318 g/mol. The summed E-state index contributed by atoms with van der Waals surface area (Å²) in [6.07, 6.45) is 2.02. The van der Waals surface area contributed by atoms with E-state index in [1.54, 1.807) is 37.4 Å². The van der Waals surface area contributed by atoms with Crippen molar-refractivity contribution in [3.05, 3.63) is 46.6 Å². The van der Waals surface area contributed by atoms with Crippen LogP contribution in [0.2, 0.25) is 5.02 Å². The minimum Gasteiger partial charge on any atom is -0.348 e. The Morgan fingerprint density at radius 1 is 1.27 bits per heavy atom. The van der Waals surface area contributed by atoms with Gasteiger partial charge < -0.3 is 10.6 Å². The second kappa shape index (κ2) is 5.81. The predicted molar refractivity (Wildman–Crippen MR) is 83.1 cm³/mol. The SMILES string of the molecule is Cn1nc(C(=O)NC2CC2)cc1NC(=O)c1ccccc1Cl. The number of anilines is 1. The lowest BCUT2D eigenvalue weighted by Gasteiger charge is -2.06. The fourth-order valence-electron chi connectivity index (χ4n) is 2.01. The van der Waals surface area contributed by atoms with Crippen molar-refractivity contribution in [1.29, 1.82) is 0 Å². The minimum atomic E-state index is -0.345. The number of hydrogen-bond donors (Lipinski definition) is 2. The maximum Gasteiger partial charge on any atom is 0.272 e. The maximum atomic E-state index is 12.2. The lowest BCUT2D eigenvalue weighted by Crippen LogP contribution is -2.25. The van der Waals surface area contributed by atoms with E-state index in [1.807, 2.05) is 0 Å². The van der Waals surface area contributed by atoms with E-state index in [0.717, 1.165) is 12.8 Å². The minimum absolute atomic E-state index is 0.226. The second-order valence-corrected chi connectivity index (χ2v) is 5.63. The summed E-state index contributed by atoms with van der Waals surface area (Å²) in [5, 5.41) is 10.1. The van der Waals surface area contributed by atoms with E-state index in [4.69, 9.17) is 11.6 Å². The van der Waals surface area contributed by atoms with E-state index in [1.165, 1.54) is 4.68 Å². The van der Waals surface area contributed by atoms with Gasteiger partial charge >= 0.3 is 0 Å². The summed E-state index contributed by atoms with van der Waals surface area (Å²) in [5.74, 6) is -0.134. The third-order valence-corrected chi connectivity index (χ3v) is 3.71. The van der Waals surface area contributed by atoms with Crippen molar-refractivity contribution in [3.63, 3.8) is 0 Å². The van der Waals surface area contributed by atoms with Gasteiger partial charge in [0.05, 0.1) is 10.6 Å². The van der Waals surface area contributed by atoms with Gasteiger partial charge in [0, 0.05) is 19.2 Å². The topological polar surface area (TPSA) is 76.0 Å². The number of carbonyl (C=O) groups is 2. The fraction of sp³-hybridized carbons (Fsp3) is 0.267. The maximum absolute atomic E-state index is 12.2. The van der Waals surface area contributed by atoms with E-state index < -0.39 is 0 Å². The second-order valence-electron chi connectivity index (χ2n) is 5.22. The molecule has 22 heavy (non-hydrogen) atoms. The van der Waals surface area contributed by atoms with Crippen molar-refractivity contribution in [2.24, 2.45) is 7.05 Å². The van der Waals surface area contributed by atoms with Crippen LogP contribution in [-0.2, 0) is 7.05 Å².